The van der Waals surface area contributed by atoms with Crippen molar-refractivity contribution in [2.45, 2.75) is 19.8 Å². The van der Waals surface area contributed by atoms with Gasteiger partial charge in [0, 0.05) is 24.2 Å². The van der Waals surface area contributed by atoms with Crippen LogP contribution in [0, 0.1) is 25.2 Å². The summed E-state index contributed by atoms with van der Waals surface area (Å²) < 4.78 is 6.01. The molecule has 1 atom stereocenters. The van der Waals surface area contributed by atoms with Gasteiger partial charge in [0.05, 0.1) is 30.2 Å². The van der Waals surface area contributed by atoms with Crippen molar-refractivity contribution >= 4 is 46.4 Å². The van der Waals surface area contributed by atoms with E-state index in [1.54, 1.807) is 30.6 Å². The number of nitriles is 1. The molecule has 1 aliphatic heterocycles. The van der Waals surface area contributed by atoms with E-state index in [1.165, 1.54) is 7.11 Å². The largest absolute Gasteiger partial charge is 0.466 e. The van der Waals surface area contributed by atoms with Crippen molar-refractivity contribution in [2.24, 2.45) is 5.73 Å². The number of fused-ring (bicyclic) bond motifs is 1. The Bertz CT molecular complexity index is 1610. The van der Waals surface area contributed by atoms with Crippen LogP contribution in [-0.2, 0) is 14.3 Å². The number of rotatable bonds is 4. The Morgan fingerprint density at radius 1 is 1.23 bits per heavy atom. The van der Waals surface area contributed by atoms with Gasteiger partial charge in [0.1, 0.15) is 15.0 Å². The lowest BCUT2D eigenvalue weighted by molar-refractivity contribution is -0.133. The van der Waals surface area contributed by atoms with Gasteiger partial charge in [0.2, 0.25) is 0 Å². The number of benzene rings is 1. The molecule has 4 rings (SSSR count). The third-order valence-electron chi connectivity index (χ3n) is 5.77. The number of aromatic nitrogens is 2. The summed E-state index contributed by atoms with van der Waals surface area (Å²) >= 11 is 0.930. The van der Waals surface area contributed by atoms with Gasteiger partial charge in [-0.05, 0) is 54.8 Å². The van der Waals surface area contributed by atoms with E-state index in [-0.39, 0.29) is 26.2 Å². The molecule has 0 spiro atoms. The molecular formula is C25H21N5O4S. The van der Waals surface area contributed by atoms with Crippen molar-refractivity contribution in [2.75, 3.05) is 12.4 Å². The van der Waals surface area contributed by atoms with Gasteiger partial charge in [-0.15, -0.1) is 11.3 Å². The highest BCUT2D eigenvalue weighted by Crippen LogP contribution is 2.36. The van der Waals surface area contributed by atoms with Gasteiger partial charge in [0.25, 0.3) is 11.5 Å². The summed E-state index contributed by atoms with van der Waals surface area (Å²) in [5, 5.41) is 12.9. The number of esters is 1. The van der Waals surface area contributed by atoms with Crippen LogP contribution in [0.3, 0.4) is 0 Å². The maximum absolute atomic E-state index is 13.7. The van der Waals surface area contributed by atoms with Gasteiger partial charge in [0.15, 0.2) is 0 Å². The number of aryl methyl sites for hydroxylation is 2. The van der Waals surface area contributed by atoms with Crippen LogP contribution >= 0.6 is 11.3 Å². The Labute approximate surface area is 204 Å². The lowest BCUT2D eigenvalue weighted by atomic mass is 9.84. The Kier molecular flexibility index (Phi) is 6.36. The Morgan fingerprint density at radius 3 is 2.57 bits per heavy atom. The fourth-order valence-electron chi connectivity index (χ4n) is 3.84. The molecule has 3 heterocycles. The predicted molar refractivity (Wildman–Crippen MR) is 132 cm³/mol. The summed E-state index contributed by atoms with van der Waals surface area (Å²) in [5.41, 5.74) is 9.10. The first kappa shape index (κ1) is 23.7. The minimum absolute atomic E-state index is 0.0268. The number of nitrogens with zero attached hydrogens (tertiary/aromatic N) is 3. The number of nitrogens with two attached hydrogens (primary N) is 1. The van der Waals surface area contributed by atoms with Crippen LogP contribution < -0.4 is 25.8 Å². The summed E-state index contributed by atoms with van der Waals surface area (Å²) in [6, 6.07) is 10.9. The third-order valence-corrected chi connectivity index (χ3v) is 6.88. The van der Waals surface area contributed by atoms with E-state index >= 15 is 0 Å². The lowest BCUT2D eigenvalue weighted by Crippen LogP contribution is -2.40. The third kappa shape index (κ3) is 4.25. The molecule has 35 heavy (non-hydrogen) atoms. The van der Waals surface area contributed by atoms with Gasteiger partial charge >= 0.3 is 5.97 Å². The van der Waals surface area contributed by atoms with E-state index < -0.39 is 23.4 Å². The molecule has 10 heteroatoms. The van der Waals surface area contributed by atoms with Gasteiger partial charge in [-0.25, -0.2) is 4.79 Å². The second-order valence-electron chi connectivity index (χ2n) is 7.87. The number of ether oxygens (including phenoxy) is 1. The zero-order valence-electron chi connectivity index (χ0n) is 19.2. The average molecular weight is 488 g/mol. The van der Waals surface area contributed by atoms with Crippen molar-refractivity contribution < 1.29 is 14.3 Å². The first-order valence-electron chi connectivity index (χ1n) is 10.5. The van der Waals surface area contributed by atoms with Crippen molar-refractivity contribution in [3.05, 3.63) is 84.5 Å². The highest BCUT2D eigenvalue weighted by atomic mass is 32.1. The number of hydrogen-bond acceptors (Lipinski definition) is 8. The molecule has 2 aromatic heterocycles. The van der Waals surface area contributed by atoms with E-state index in [0.717, 1.165) is 33.1 Å². The zero-order chi connectivity index (χ0) is 25.3. The molecule has 0 bridgehead atoms. The molecule has 0 saturated carbocycles. The molecule has 0 aliphatic carbocycles. The number of nitrogens with one attached hydrogen (secondary N) is 1. The molecule has 1 aliphatic rings. The van der Waals surface area contributed by atoms with E-state index in [0.29, 0.717) is 11.3 Å². The van der Waals surface area contributed by atoms with Crippen LogP contribution in [0.2, 0.25) is 0 Å². The lowest BCUT2D eigenvalue weighted by Gasteiger charge is -2.25. The molecule has 3 aromatic rings. The summed E-state index contributed by atoms with van der Waals surface area (Å²) in [4.78, 5) is 42.7. The van der Waals surface area contributed by atoms with Crippen molar-refractivity contribution in [3.8, 4) is 6.07 Å². The maximum atomic E-state index is 13.7. The molecule has 9 nitrogen and oxygen atoms in total. The fraction of sp³-hybridized carbons (Fsp3) is 0.160. The number of methoxy groups -OCH3 is 1. The number of anilines is 1. The van der Waals surface area contributed by atoms with Crippen LogP contribution in [0.1, 0.15) is 22.6 Å². The van der Waals surface area contributed by atoms with Gasteiger partial charge < -0.3 is 15.8 Å². The Balaban J connectivity index is 2.03. The average Bonchev–Trinajstić information content (AvgIpc) is 3.17. The highest BCUT2D eigenvalue weighted by Gasteiger charge is 2.35. The van der Waals surface area contributed by atoms with Crippen LogP contribution in [0.4, 0.5) is 5.69 Å². The molecule has 0 radical (unpaired) electrons. The SMILES string of the molecule is COC(=O)/C=c1\sc2n(c1=O)C(N)=C(C#N)C(c1ccncc1)C=2C(=O)Nc1ccc(C)c(C)c1. The second-order valence-corrected chi connectivity index (χ2v) is 8.90. The number of allylic oxidation sites excluding steroid dienone is 1. The second kappa shape index (κ2) is 9.40. The quantitative estimate of drug-likeness (QED) is 0.526. The minimum Gasteiger partial charge on any atom is -0.466 e. The predicted octanol–water partition coefficient (Wildman–Crippen LogP) is 1.11. The molecule has 1 aromatic carbocycles. The molecular weight excluding hydrogens is 466 g/mol. The van der Waals surface area contributed by atoms with Gasteiger partial charge in [-0.3, -0.25) is 19.1 Å². The van der Waals surface area contributed by atoms with Crippen LogP contribution in [0.15, 0.2) is 53.1 Å². The monoisotopic (exact) mass is 487 g/mol. The van der Waals surface area contributed by atoms with Crippen molar-refractivity contribution in [1.29, 1.82) is 5.26 Å². The van der Waals surface area contributed by atoms with Crippen molar-refractivity contribution in [3.63, 3.8) is 0 Å². The number of amides is 1. The van der Waals surface area contributed by atoms with E-state index in [4.69, 9.17) is 5.73 Å². The van der Waals surface area contributed by atoms with Gasteiger partial charge in [-0.2, -0.15) is 5.26 Å². The van der Waals surface area contributed by atoms with E-state index in [2.05, 4.69) is 21.1 Å². The molecule has 176 valence electrons. The zero-order valence-corrected chi connectivity index (χ0v) is 20.0. The first-order valence-corrected chi connectivity index (χ1v) is 11.3. The Hall–Kier alpha value is -4.49. The molecule has 3 N–H and O–H groups in total. The van der Waals surface area contributed by atoms with Crippen molar-refractivity contribution in [1.82, 2.24) is 9.55 Å². The number of carbonyl (C=O) groups is 2. The topological polar surface area (TPSA) is 140 Å². The molecule has 1 unspecified atom stereocenters. The molecule has 1 amide bonds. The number of pyridine rings is 1. The van der Waals surface area contributed by atoms with E-state index in [9.17, 15) is 19.6 Å². The normalized spacial score (nSPS) is 15.4. The number of thiazole rings is 1. The summed E-state index contributed by atoms with van der Waals surface area (Å²) in [5.74, 6) is -2.18. The van der Waals surface area contributed by atoms with E-state index in [1.807, 2.05) is 26.0 Å². The maximum Gasteiger partial charge on any atom is 0.332 e. The number of carbonyl (C=O) groups excluding carboxylic acids is 2. The highest BCUT2D eigenvalue weighted by molar-refractivity contribution is 7.07. The Morgan fingerprint density at radius 2 is 1.94 bits per heavy atom. The summed E-state index contributed by atoms with van der Waals surface area (Å²) in [6.45, 7) is 3.90. The molecule has 0 fully saturated rings. The fourth-order valence-corrected chi connectivity index (χ4v) is 4.98. The molecule has 0 saturated heterocycles. The summed E-state index contributed by atoms with van der Waals surface area (Å²) in [6.07, 6.45) is 4.13. The van der Waals surface area contributed by atoms with Gasteiger partial charge in [-0.1, -0.05) is 6.07 Å². The van der Waals surface area contributed by atoms with Crippen LogP contribution in [-0.4, -0.2) is 28.5 Å². The number of hydrogen-bond donors (Lipinski definition) is 2. The summed E-state index contributed by atoms with van der Waals surface area (Å²) in [7, 11) is 1.19. The standard InChI is InChI=1S/C25H21N5O4S/c1-13-4-5-16(10-14(13)2)29-23(32)21-20(15-6-8-28-9-7-15)17(12-26)22(27)30-24(33)18(35-25(21)30)11-19(31)34-3/h4-11,20H,27H2,1-3H3,(H,29,32)/b18-11-. The minimum atomic E-state index is -0.849. The van der Waals surface area contributed by atoms with Crippen LogP contribution in [0.25, 0.3) is 17.5 Å². The smallest absolute Gasteiger partial charge is 0.332 e. The van der Waals surface area contributed by atoms with Crippen LogP contribution in [0.5, 0.6) is 0 Å². The first-order chi connectivity index (χ1) is 16.8.